The SMILES string of the molecule is COc1ccc(C(=O)/C=C2\SCCS2=O)cc1. The van der Waals surface area contributed by atoms with Crippen LogP contribution in [0.15, 0.2) is 34.6 Å². The third-order valence-corrected chi connectivity index (χ3v) is 5.48. The molecule has 17 heavy (non-hydrogen) atoms. The molecule has 0 bridgehead atoms. The summed E-state index contributed by atoms with van der Waals surface area (Å²) in [4.78, 5) is 11.9. The largest absolute Gasteiger partial charge is 0.497 e. The van der Waals surface area contributed by atoms with Crippen LogP contribution < -0.4 is 4.74 Å². The van der Waals surface area contributed by atoms with E-state index in [-0.39, 0.29) is 5.78 Å². The molecule has 1 aliphatic heterocycles. The number of rotatable bonds is 3. The number of carbonyl (C=O) groups is 1. The molecule has 0 N–H and O–H groups in total. The third kappa shape index (κ3) is 2.98. The molecule has 90 valence electrons. The molecule has 5 heteroatoms. The van der Waals surface area contributed by atoms with Crippen molar-refractivity contribution in [1.82, 2.24) is 0 Å². The maximum absolute atomic E-state index is 11.9. The molecule has 0 aliphatic carbocycles. The van der Waals surface area contributed by atoms with Crippen LogP contribution in [0.3, 0.4) is 0 Å². The van der Waals surface area contributed by atoms with E-state index < -0.39 is 10.8 Å². The number of thioether (sulfide) groups is 1. The molecule has 0 radical (unpaired) electrons. The molecule has 2 rings (SSSR count). The van der Waals surface area contributed by atoms with Crippen molar-refractivity contribution >= 4 is 28.3 Å². The Morgan fingerprint density at radius 3 is 2.65 bits per heavy atom. The van der Waals surface area contributed by atoms with Crippen molar-refractivity contribution in [3.8, 4) is 5.75 Å². The second-order valence-electron chi connectivity index (χ2n) is 3.45. The van der Waals surface area contributed by atoms with Crippen LogP contribution in [0.4, 0.5) is 0 Å². The summed E-state index contributed by atoms with van der Waals surface area (Å²) in [5.41, 5.74) is 0.586. The smallest absolute Gasteiger partial charge is 0.187 e. The van der Waals surface area contributed by atoms with Crippen molar-refractivity contribution in [1.29, 1.82) is 0 Å². The first-order valence-electron chi connectivity index (χ1n) is 5.12. The quantitative estimate of drug-likeness (QED) is 0.623. The Morgan fingerprint density at radius 1 is 1.41 bits per heavy atom. The van der Waals surface area contributed by atoms with Gasteiger partial charge < -0.3 is 4.74 Å². The fourth-order valence-corrected chi connectivity index (χ4v) is 4.23. The Kier molecular flexibility index (Phi) is 4.02. The van der Waals surface area contributed by atoms with Gasteiger partial charge in [0.2, 0.25) is 0 Å². The fraction of sp³-hybridized carbons (Fsp3) is 0.250. The Morgan fingerprint density at radius 2 is 2.12 bits per heavy atom. The number of ether oxygens (including phenoxy) is 1. The number of hydrogen-bond acceptors (Lipinski definition) is 4. The van der Waals surface area contributed by atoms with E-state index in [1.165, 1.54) is 17.8 Å². The van der Waals surface area contributed by atoms with Gasteiger partial charge in [-0.1, -0.05) is 0 Å². The van der Waals surface area contributed by atoms with Crippen molar-refractivity contribution in [2.45, 2.75) is 0 Å². The first kappa shape index (κ1) is 12.4. The Balaban J connectivity index is 2.16. The van der Waals surface area contributed by atoms with E-state index in [0.29, 0.717) is 21.3 Å². The normalized spacial score (nSPS) is 21.7. The maximum Gasteiger partial charge on any atom is 0.187 e. The molecular formula is C12H12O3S2. The molecule has 1 heterocycles. The van der Waals surface area contributed by atoms with Gasteiger partial charge in [0.05, 0.1) is 22.1 Å². The van der Waals surface area contributed by atoms with Gasteiger partial charge in [0.25, 0.3) is 0 Å². The Bertz CT molecular complexity index is 477. The Labute approximate surface area is 107 Å². The van der Waals surface area contributed by atoms with E-state index >= 15 is 0 Å². The minimum absolute atomic E-state index is 0.106. The minimum Gasteiger partial charge on any atom is -0.497 e. The van der Waals surface area contributed by atoms with Gasteiger partial charge in [0.1, 0.15) is 5.75 Å². The highest BCUT2D eigenvalue weighted by molar-refractivity contribution is 8.19. The van der Waals surface area contributed by atoms with Gasteiger partial charge in [0.15, 0.2) is 5.78 Å². The van der Waals surface area contributed by atoms with Gasteiger partial charge >= 0.3 is 0 Å². The van der Waals surface area contributed by atoms with Crippen molar-refractivity contribution in [2.75, 3.05) is 18.6 Å². The van der Waals surface area contributed by atoms with Gasteiger partial charge in [-0.15, -0.1) is 11.8 Å². The number of methoxy groups -OCH3 is 1. The summed E-state index contributed by atoms with van der Waals surface area (Å²) in [6.07, 6.45) is 1.48. The number of benzene rings is 1. The highest BCUT2D eigenvalue weighted by Crippen LogP contribution is 2.27. The summed E-state index contributed by atoms with van der Waals surface area (Å²) in [6, 6.07) is 6.90. The molecule has 0 saturated carbocycles. The summed E-state index contributed by atoms with van der Waals surface area (Å²) >= 11 is 1.50. The molecule has 3 nitrogen and oxygen atoms in total. The van der Waals surface area contributed by atoms with Crippen LogP contribution in [0.1, 0.15) is 10.4 Å². The predicted octanol–water partition coefficient (Wildman–Crippen LogP) is 2.21. The molecule has 0 aromatic heterocycles. The first-order valence-corrected chi connectivity index (χ1v) is 7.42. The zero-order valence-corrected chi connectivity index (χ0v) is 11.0. The summed E-state index contributed by atoms with van der Waals surface area (Å²) in [6.45, 7) is 0. The van der Waals surface area contributed by atoms with E-state index in [9.17, 15) is 9.00 Å². The van der Waals surface area contributed by atoms with Crippen LogP contribution in [0.2, 0.25) is 0 Å². The van der Waals surface area contributed by atoms with Gasteiger partial charge in [-0.05, 0) is 24.3 Å². The molecule has 1 aliphatic rings. The van der Waals surface area contributed by atoms with E-state index in [1.54, 1.807) is 31.4 Å². The number of allylic oxidation sites excluding steroid dienone is 1. The molecular weight excluding hydrogens is 256 g/mol. The first-order chi connectivity index (χ1) is 8.20. The lowest BCUT2D eigenvalue weighted by molar-refractivity contribution is 0.104. The molecule has 1 fully saturated rings. The standard InChI is InChI=1S/C12H12O3S2/c1-15-10-4-2-9(3-5-10)11(13)8-12-16-6-7-17(12)14/h2-5,8H,6-7H2,1H3/b12-8+. The van der Waals surface area contributed by atoms with E-state index in [2.05, 4.69) is 0 Å². The van der Waals surface area contributed by atoms with Gasteiger partial charge in [-0.25, -0.2) is 0 Å². The third-order valence-electron chi connectivity index (χ3n) is 2.36. The summed E-state index contributed by atoms with van der Waals surface area (Å²) in [5.74, 6) is 2.08. The molecule has 1 unspecified atom stereocenters. The van der Waals surface area contributed by atoms with Crippen LogP contribution in [0, 0.1) is 0 Å². The van der Waals surface area contributed by atoms with Crippen LogP contribution in [-0.4, -0.2) is 28.6 Å². The highest BCUT2D eigenvalue weighted by Gasteiger charge is 2.17. The molecule has 1 atom stereocenters. The Hall–Kier alpha value is -1.07. The summed E-state index contributed by atoms with van der Waals surface area (Å²) in [5, 5.41) is 0. The molecule has 1 saturated heterocycles. The molecule has 0 amide bonds. The lowest BCUT2D eigenvalue weighted by Crippen LogP contribution is -1.97. The second-order valence-corrected chi connectivity index (χ2v) is 6.39. The summed E-state index contributed by atoms with van der Waals surface area (Å²) < 4.78 is 17.2. The lowest BCUT2D eigenvalue weighted by atomic mass is 10.1. The summed E-state index contributed by atoms with van der Waals surface area (Å²) in [7, 11) is 0.598. The van der Waals surface area contributed by atoms with Crippen LogP contribution in [-0.2, 0) is 10.8 Å². The van der Waals surface area contributed by atoms with Crippen LogP contribution in [0.25, 0.3) is 0 Å². The average molecular weight is 268 g/mol. The van der Waals surface area contributed by atoms with E-state index in [0.717, 1.165) is 5.75 Å². The van der Waals surface area contributed by atoms with Crippen molar-refractivity contribution in [3.63, 3.8) is 0 Å². The monoisotopic (exact) mass is 268 g/mol. The number of carbonyl (C=O) groups excluding carboxylic acids is 1. The van der Waals surface area contributed by atoms with Gasteiger partial charge in [0, 0.05) is 23.1 Å². The molecule has 1 aromatic rings. The maximum atomic E-state index is 11.9. The fourth-order valence-electron chi connectivity index (χ4n) is 1.44. The number of ketones is 1. The van der Waals surface area contributed by atoms with E-state index in [1.807, 2.05) is 0 Å². The zero-order chi connectivity index (χ0) is 12.3. The predicted molar refractivity (Wildman–Crippen MR) is 70.9 cm³/mol. The van der Waals surface area contributed by atoms with Crippen molar-refractivity contribution in [3.05, 3.63) is 40.1 Å². The minimum atomic E-state index is -0.982. The van der Waals surface area contributed by atoms with Crippen LogP contribution in [0.5, 0.6) is 5.75 Å². The molecule has 0 spiro atoms. The van der Waals surface area contributed by atoms with Crippen molar-refractivity contribution < 1.29 is 13.7 Å². The number of hydrogen-bond donors (Lipinski definition) is 0. The zero-order valence-electron chi connectivity index (χ0n) is 9.34. The lowest BCUT2D eigenvalue weighted by Gasteiger charge is -2.00. The highest BCUT2D eigenvalue weighted by atomic mass is 32.2. The van der Waals surface area contributed by atoms with Crippen LogP contribution >= 0.6 is 11.8 Å². The topological polar surface area (TPSA) is 43.4 Å². The van der Waals surface area contributed by atoms with E-state index in [4.69, 9.17) is 4.74 Å². The van der Waals surface area contributed by atoms with Crippen molar-refractivity contribution in [2.24, 2.45) is 0 Å². The molecule has 1 aromatic carbocycles. The van der Waals surface area contributed by atoms with Gasteiger partial charge in [-0.2, -0.15) is 0 Å². The second kappa shape index (κ2) is 5.51. The van der Waals surface area contributed by atoms with Gasteiger partial charge in [-0.3, -0.25) is 9.00 Å². The average Bonchev–Trinajstić information content (AvgIpc) is 2.75.